The standard InChI is InChI=1S/C23H24N6OS/c1-24-27-28(2)18-31-16-14-25-23(30)21-11-12-22(29-15-6-13-26-29)20(17-21)10-9-19-7-4-3-5-8-19/h3-8,11-13,15,17H,14,16,18H2,1-2H3,(H,25,30). The maximum Gasteiger partial charge on any atom is 0.251 e. The number of nitrogens with one attached hydrogen (secondary N) is 1. The van der Waals surface area contributed by atoms with E-state index in [0.29, 0.717) is 18.0 Å². The lowest BCUT2D eigenvalue weighted by molar-refractivity contribution is 0.0956. The Balaban J connectivity index is 1.70. The number of rotatable bonds is 8. The van der Waals surface area contributed by atoms with Gasteiger partial charge in [-0.15, -0.1) is 11.8 Å². The molecule has 3 aromatic rings. The average molecular weight is 433 g/mol. The molecule has 0 saturated heterocycles. The van der Waals surface area contributed by atoms with E-state index in [1.165, 1.54) is 0 Å². The molecule has 158 valence electrons. The summed E-state index contributed by atoms with van der Waals surface area (Å²) in [6.45, 7) is 0.562. The summed E-state index contributed by atoms with van der Waals surface area (Å²) in [6, 6.07) is 17.1. The fourth-order valence-electron chi connectivity index (χ4n) is 2.76. The smallest absolute Gasteiger partial charge is 0.251 e. The van der Waals surface area contributed by atoms with Crippen LogP contribution in [-0.2, 0) is 0 Å². The molecule has 1 amide bonds. The first kappa shape index (κ1) is 22.1. The highest BCUT2D eigenvalue weighted by Crippen LogP contribution is 2.16. The quantitative estimate of drug-likeness (QED) is 0.194. The summed E-state index contributed by atoms with van der Waals surface area (Å²) in [5, 5.41) is 16.6. The van der Waals surface area contributed by atoms with Gasteiger partial charge in [-0.05, 0) is 36.4 Å². The van der Waals surface area contributed by atoms with Crippen LogP contribution in [0.5, 0.6) is 0 Å². The van der Waals surface area contributed by atoms with Crippen molar-refractivity contribution in [3.8, 4) is 17.5 Å². The zero-order valence-electron chi connectivity index (χ0n) is 17.5. The molecule has 1 aromatic heterocycles. The predicted molar refractivity (Wildman–Crippen MR) is 124 cm³/mol. The van der Waals surface area contributed by atoms with E-state index in [2.05, 4.69) is 32.6 Å². The third kappa shape index (κ3) is 6.73. The second-order valence-electron chi connectivity index (χ2n) is 6.54. The third-order valence-electron chi connectivity index (χ3n) is 4.18. The molecule has 0 aliphatic rings. The van der Waals surface area contributed by atoms with E-state index >= 15 is 0 Å². The molecule has 0 saturated carbocycles. The van der Waals surface area contributed by atoms with Gasteiger partial charge < -0.3 is 5.32 Å². The maximum atomic E-state index is 12.6. The number of thioether (sulfide) groups is 1. The van der Waals surface area contributed by atoms with Gasteiger partial charge in [-0.25, -0.2) is 4.68 Å². The third-order valence-corrected chi connectivity index (χ3v) is 5.23. The molecule has 0 radical (unpaired) electrons. The van der Waals surface area contributed by atoms with Gasteiger partial charge in [0.15, 0.2) is 0 Å². The van der Waals surface area contributed by atoms with Crippen LogP contribution in [-0.4, -0.2) is 53.0 Å². The topological polar surface area (TPSA) is 74.9 Å². The molecule has 8 heteroatoms. The molecule has 0 bridgehead atoms. The molecule has 2 aromatic carbocycles. The van der Waals surface area contributed by atoms with Gasteiger partial charge in [-0.1, -0.05) is 35.3 Å². The lowest BCUT2D eigenvalue weighted by Crippen LogP contribution is -2.26. The molecule has 0 spiro atoms. The van der Waals surface area contributed by atoms with Crippen LogP contribution in [0.2, 0.25) is 0 Å². The summed E-state index contributed by atoms with van der Waals surface area (Å²) >= 11 is 1.67. The zero-order chi connectivity index (χ0) is 21.9. The summed E-state index contributed by atoms with van der Waals surface area (Å²) in [6.07, 6.45) is 3.57. The molecule has 7 nitrogen and oxygen atoms in total. The zero-order valence-corrected chi connectivity index (χ0v) is 18.3. The van der Waals surface area contributed by atoms with Gasteiger partial charge in [0, 0.05) is 42.9 Å². The lowest BCUT2D eigenvalue weighted by Gasteiger charge is -2.11. The van der Waals surface area contributed by atoms with Crippen molar-refractivity contribution in [1.29, 1.82) is 0 Å². The monoisotopic (exact) mass is 432 g/mol. The summed E-state index contributed by atoms with van der Waals surface area (Å²) in [5.74, 6) is 7.72. The highest BCUT2D eigenvalue weighted by Gasteiger charge is 2.10. The minimum Gasteiger partial charge on any atom is -0.351 e. The van der Waals surface area contributed by atoms with E-state index < -0.39 is 0 Å². The number of nitrogens with zero attached hydrogens (tertiary/aromatic N) is 5. The minimum absolute atomic E-state index is 0.128. The maximum absolute atomic E-state index is 12.6. The van der Waals surface area contributed by atoms with Crippen LogP contribution in [0.4, 0.5) is 0 Å². The van der Waals surface area contributed by atoms with Gasteiger partial charge in [0.05, 0.1) is 24.2 Å². The van der Waals surface area contributed by atoms with E-state index in [9.17, 15) is 4.79 Å². The van der Waals surface area contributed by atoms with Crippen molar-refractivity contribution in [2.75, 3.05) is 32.3 Å². The molecule has 0 aliphatic carbocycles. The van der Waals surface area contributed by atoms with E-state index in [1.807, 2.05) is 61.8 Å². The van der Waals surface area contributed by atoms with Crippen LogP contribution >= 0.6 is 11.8 Å². The highest BCUT2D eigenvalue weighted by atomic mass is 32.2. The number of carbonyl (C=O) groups excluding carboxylic acids is 1. The van der Waals surface area contributed by atoms with Crippen molar-refractivity contribution < 1.29 is 4.79 Å². The van der Waals surface area contributed by atoms with E-state index in [4.69, 9.17) is 0 Å². The number of benzene rings is 2. The molecule has 31 heavy (non-hydrogen) atoms. The second kappa shape index (κ2) is 11.6. The molecule has 0 atom stereocenters. The van der Waals surface area contributed by atoms with Crippen LogP contribution in [0.15, 0.2) is 77.3 Å². The summed E-state index contributed by atoms with van der Waals surface area (Å²) in [5.41, 5.74) is 3.04. The SMILES string of the molecule is CN=NN(C)CSCCNC(=O)c1ccc(-n2cccn2)c(C#Cc2ccccc2)c1. The van der Waals surface area contributed by atoms with E-state index in [1.54, 1.807) is 40.8 Å². The number of hydrogen-bond acceptors (Lipinski definition) is 5. The summed E-state index contributed by atoms with van der Waals surface area (Å²) in [7, 11) is 3.50. The minimum atomic E-state index is -0.128. The average Bonchev–Trinajstić information content (AvgIpc) is 3.33. The van der Waals surface area contributed by atoms with E-state index in [-0.39, 0.29) is 5.91 Å². The Labute approximate surface area is 186 Å². The predicted octanol–water partition coefficient (Wildman–Crippen LogP) is 3.62. The number of carbonyl (C=O) groups is 1. The second-order valence-corrected chi connectivity index (χ2v) is 7.61. The van der Waals surface area contributed by atoms with Gasteiger partial charge >= 0.3 is 0 Å². The van der Waals surface area contributed by atoms with Gasteiger partial charge in [0.25, 0.3) is 5.91 Å². The van der Waals surface area contributed by atoms with Crippen molar-refractivity contribution in [2.45, 2.75) is 0 Å². The van der Waals surface area contributed by atoms with Crippen molar-refractivity contribution in [1.82, 2.24) is 20.1 Å². The van der Waals surface area contributed by atoms with Gasteiger partial charge in [0.2, 0.25) is 0 Å². The fourth-order valence-corrected chi connectivity index (χ4v) is 3.45. The van der Waals surface area contributed by atoms with Crippen molar-refractivity contribution in [2.24, 2.45) is 10.3 Å². The molecular formula is C23H24N6OS. The highest BCUT2D eigenvalue weighted by molar-refractivity contribution is 7.99. The van der Waals surface area contributed by atoms with Crippen molar-refractivity contribution in [3.63, 3.8) is 0 Å². The molecule has 0 aliphatic heterocycles. The fraction of sp³-hybridized carbons (Fsp3) is 0.217. The van der Waals surface area contributed by atoms with Crippen molar-refractivity contribution >= 4 is 17.7 Å². The molecule has 1 N–H and O–H groups in total. The van der Waals surface area contributed by atoms with Gasteiger partial charge in [-0.3, -0.25) is 9.80 Å². The Bertz CT molecular complexity index is 1070. The molecule has 0 unspecified atom stereocenters. The Morgan fingerprint density at radius 3 is 2.77 bits per heavy atom. The Hall–Kier alpha value is -3.57. The Kier molecular flexibility index (Phi) is 8.26. The summed E-state index contributed by atoms with van der Waals surface area (Å²) in [4.78, 5) is 12.6. The normalized spacial score (nSPS) is 10.5. The number of aromatic nitrogens is 2. The first-order valence-electron chi connectivity index (χ1n) is 9.75. The van der Waals surface area contributed by atoms with Crippen LogP contribution in [0.1, 0.15) is 21.5 Å². The largest absolute Gasteiger partial charge is 0.351 e. The van der Waals surface area contributed by atoms with Crippen LogP contribution in [0.25, 0.3) is 5.69 Å². The van der Waals surface area contributed by atoms with Crippen LogP contribution < -0.4 is 5.32 Å². The molecule has 1 heterocycles. The summed E-state index contributed by atoms with van der Waals surface area (Å²) < 4.78 is 1.75. The number of hydrogen-bond donors (Lipinski definition) is 1. The molecule has 3 rings (SSSR count). The van der Waals surface area contributed by atoms with Gasteiger partial charge in [0.1, 0.15) is 0 Å². The Morgan fingerprint density at radius 2 is 2.03 bits per heavy atom. The van der Waals surface area contributed by atoms with Crippen LogP contribution in [0, 0.1) is 11.8 Å². The van der Waals surface area contributed by atoms with Crippen molar-refractivity contribution in [3.05, 3.63) is 83.7 Å². The van der Waals surface area contributed by atoms with E-state index in [0.717, 1.165) is 22.6 Å². The number of amides is 1. The first-order chi connectivity index (χ1) is 15.2. The molecule has 0 fully saturated rings. The van der Waals surface area contributed by atoms with Crippen LogP contribution in [0.3, 0.4) is 0 Å². The first-order valence-corrected chi connectivity index (χ1v) is 10.9. The Morgan fingerprint density at radius 1 is 1.19 bits per heavy atom. The van der Waals surface area contributed by atoms with Gasteiger partial charge in [-0.2, -0.15) is 10.2 Å². The lowest BCUT2D eigenvalue weighted by atomic mass is 10.1. The molecular weight excluding hydrogens is 408 g/mol.